The van der Waals surface area contributed by atoms with Crippen LogP contribution in [0.4, 0.5) is 0 Å². The minimum atomic E-state index is 0.629. The van der Waals surface area contributed by atoms with Crippen molar-refractivity contribution in [2.45, 2.75) is 19.4 Å². The van der Waals surface area contributed by atoms with Gasteiger partial charge in [-0.1, -0.05) is 17.7 Å². The summed E-state index contributed by atoms with van der Waals surface area (Å²) in [5.74, 6) is 1.31. The molecule has 1 saturated heterocycles. The lowest BCUT2D eigenvalue weighted by molar-refractivity contribution is 0.178. The number of aromatic nitrogens is 1. The Bertz CT molecular complexity index is 591. The van der Waals surface area contributed by atoms with E-state index >= 15 is 0 Å². The highest BCUT2D eigenvalue weighted by Crippen LogP contribution is 2.23. The summed E-state index contributed by atoms with van der Waals surface area (Å²) in [7, 11) is 0. The highest BCUT2D eigenvalue weighted by atomic mass is 35.5. The number of rotatable bonds is 4. The number of likely N-dealkylation sites (tertiary alicyclic amines) is 1. The van der Waals surface area contributed by atoms with Crippen LogP contribution in [0.15, 0.2) is 34.9 Å². The molecule has 0 amide bonds. The van der Waals surface area contributed by atoms with Gasteiger partial charge in [0.25, 0.3) is 0 Å². The molecule has 2 heterocycles. The number of halogens is 1. The molecule has 0 atom stereocenters. The van der Waals surface area contributed by atoms with Gasteiger partial charge < -0.3 is 10.2 Å². The highest BCUT2D eigenvalue weighted by molar-refractivity contribution is 6.30. The first kappa shape index (κ1) is 14.6. The van der Waals surface area contributed by atoms with E-state index in [0.29, 0.717) is 16.8 Å². The Morgan fingerprint density at radius 2 is 2.14 bits per heavy atom. The smallest absolute Gasteiger partial charge is 0.226 e. The molecule has 4 nitrogen and oxygen atoms in total. The molecule has 0 radical (unpaired) electrons. The van der Waals surface area contributed by atoms with Gasteiger partial charge in [-0.25, -0.2) is 4.98 Å². The highest BCUT2D eigenvalue weighted by Gasteiger charge is 2.19. The number of oxazole rings is 1. The van der Waals surface area contributed by atoms with Gasteiger partial charge in [0, 0.05) is 17.1 Å². The summed E-state index contributed by atoms with van der Waals surface area (Å²) >= 11 is 6.00. The second-order valence-electron chi connectivity index (χ2n) is 5.61. The zero-order chi connectivity index (χ0) is 14.7. The minimum absolute atomic E-state index is 0.629. The van der Waals surface area contributed by atoms with Crippen molar-refractivity contribution in [1.29, 1.82) is 0 Å². The van der Waals surface area contributed by atoms with Crippen LogP contribution in [0.3, 0.4) is 0 Å². The lowest BCUT2D eigenvalue weighted by Crippen LogP contribution is -2.35. The molecule has 1 aromatic carbocycles. The fraction of sp³-hybridized carbons (Fsp3) is 0.438. The van der Waals surface area contributed by atoms with E-state index in [1.807, 2.05) is 24.3 Å². The third kappa shape index (κ3) is 3.64. The van der Waals surface area contributed by atoms with Gasteiger partial charge in [0.05, 0.1) is 5.69 Å². The molecule has 112 valence electrons. The number of hydrogen-bond donors (Lipinski definition) is 1. The monoisotopic (exact) mass is 305 g/mol. The van der Waals surface area contributed by atoms with Gasteiger partial charge in [-0.3, -0.25) is 4.90 Å². The predicted molar refractivity (Wildman–Crippen MR) is 84.0 cm³/mol. The van der Waals surface area contributed by atoms with Crippen molar-refractivity contribution in [3.8, 4) is 11.5 Å². The van der Waals surface area contributed by atoms with E-state index < -0.39 is 0 Å². The summed E-state index contributed by atoms with van der Waals surface area (Å²) in [5.41, 5.74) is 7.61. The van der Waals surface area contributed by atoms with Crippen molar-refractivity contribution in [2.75, 3.05) is 19.6 Å². The Balaban J connectivity index is 1.63. The molecule has 0 bridgehead atoms. The molecule has 1 aliphatic rings. The number of piperidine rings is 1. The van der Waals surface area contributed by atoms with Crippen molar-refractivity contribution in [3.63, 3.8) is 0 Å². The van der Waals surface area contributed by atoms with E-state index in [1.165, 1.54) is 12.8 Å². The molecule has 0 aliphatic carbocycles. The maximum absolute atomic E-state index is 6.00. The van der Waals surface area contributed by atoms with Crippen LogP contribution in [0.25, 0.3) is 11.5 Å². The topological polar surface area (TPSA) is 55.3 Å². The summed E-state index contributed by atoms with van der Waals surface area (Å²) in [6.07, 6.45) is 4.09. The lowest BCUT2D eigenvalue weighted by atomic mass is 9.97. The van der Waals surface area contributed by atoms with Crippen molar-refractivity contribution in [2.24, 2.45) is 11.7 Å². The third-order valence-corrected chi connectivity index (χ3v) is 4.28. The Morgan fingerprint density at radius 1 is 1.33 bits per heavy atom. The van der Waals surface area contributed by atoms with Gasteiger partial charge in [0.15, 0.2) is 0 Å². The average Bonchev–Trinajstić information content (AvgIpc) is 2.97. The van der Waals surface area contributed by atoms with Gasteiger partial charge in [0.1, 0.15) is 6.26 Å². The molecule has 2 N–H and O–H groups in total. The third-order valence-electron chi connectivity index (χ3n) is 4.05. The first-order valence-corrected chi connectivity index (χ1v) is 7.75. The number of nitrogens with two attached hydrogens (primary N) is 1. The normalized spacial score (nSPS) is 17.2. The summed E-state index contributed by atoms with van der Waals surface area (Å²) in [6.45, 7) is 3.81. The van der Waals surface area contributed by atoms with Crippen LogP contribution in [0, 0.1) is 5.92 Å². The zero-order valence-electron chi connectivity index (χ0n) is 12.0. The molecular weight excluding hydrogens is 286 g/mol. The average molecular weight is 306 g/mol. The van der Waals surface area contributed by atoms with Gasteiger partial charge in [-0.05, 0) is 56.6 Å². The van der Waals surface area contributed by atoms with Crippen molar-refractivity contribution < 1.29 is 4.42 Å². The van der Waals surface area contributed by atoms with Crippen molar-refractivity contribution in [3.05, 3.63) is 41.2 Å². The van der Waals surface area contributed by atoms with Crippen molar-refractivity contribution >= 4 is 11.6 Å². The van der Waals surface area contributed by atoms with Crippen LogP contribution in [-0.2, 0) is 6.54 Å². The minimum Gasteiger partial charge on any atom is -0.444 e. The summed E-state index contributed by atoms with van der Waals surface area (Å²) in [5, 5.41) is 0.691. The van der Waals surface area contributed by atoms with Crippen molar-refractivity contribution in [1.82, 2.24) is 9.88 Å². The Morgan fingerprint density at radius 3 is 2.86 bits per heavy atom. The fourth-order valence-electron chi connectivity index (χ4n) is 2.74. The second-order valence-corrected chi connectivity index (χ2v) is 6.05. The van der Waals surface area contributed by atoms with E-state index in [2.05, 4.69) is 9.88 Å². The molecule has 5 heteroatoms. The number of nitrogens with zero attached hydrogens (tertiary/aromatic N) is 2. The molecule has 0 unspecified atom stereocenters. The molecule has 3 rings (SSSR count). The van der Waals surface area contributed by atoms with Crippen LogP contribution >= 0.6 is 11.6 Å². The standard InChI is InChI=1S/C16H20ClN3O/c17-14-3-1-2-13(8-14)16-19-15(11-21-16)10-20-6-4-12(9-18)5-7-20/h1-3,8,11-12H,4-7,9-10,18H2. The number of hydrogen-bond acceptors (Lipinski definition) is 4. The van der Waals surface area contributed by atoms with E-state index in [4.69, 9.17) is 21.8 Å². The van der Waals surface area contributed by atoms with Gasteiger partial charge in [-0.2, -0.15) is 0 Å². The van der Waals surface area contributed by atoms with Gasteiger partial charge in [0.2, 0.25) is 5.89 Å². The van der Waals surface area contributed by atoms with E-state index in [0.717, 1.165) is 37.4 Å². The molecule has 21 heavy (non-hydrogen) atoms. The van der Waals surface area contributed by atoms with Crippen LogP contribution in [0.5, 0.6) is 0 Å². The van der Waals surface area contributed by atoms with E-state index in [1.54, 1.807) is 6.26 Å². The molecule has 0 spiro atoms. The first-order valence-electron chi connectivity index (χ1n) is 7.37. The van der Waals surface area contributed by atoms with Gasteiger partial charge >= 0.3 is 0 Å². The van der Waals surface area contributed by atoms with Crippen LogP contribution in [0.1, 0.15) is 18.5 Å². The maximum atomic E-state index is 6.00. The van der Waals surface area contributed by atoms with Crippen LogP contribution in [-0.4, -0.2) is 29.5 Å². The van der Waals surface area contributed by atoms with E-state index in [-0.39, 0.29) is 0 Å². The molecule has 0 saturated carbocycles. The SMILES string of the molecule is NCC1CCN(Cc2coc(-c3cccc(Cl)c3)n2)CC1. The molecule has 1 aromatic heterocycles. The maximum Gasteiger partial charge on any atom is 0.226 e. The van der Waals surface area contributed by atoms with Crippen LogP contribution < -0.4 is 5.73 Å². The first-order chi connectivity index (χ1) is 10.2. The zero-order valence-corrected chi connectivity index (χ0v) is 12.7. The quantitative estimate of drug-likeness (QED) is 0.942. The lowest BCUT2D eigenvalue weighted by Gasteiger charge is -2.30. The molecule has 1 fully saturated rings. The van der Waals surface area contributed by atoms with Crippen LogP contribution in [0.2, 0.25) is 5.02 Å². The summed E-state index contributed by atoms with van der Waals surface area (Å²) < 4.78 is 5.57. The number of benzene rings is 1. The Labute approximate surface area is 129 Å². The summed E-state index contributed by atoms with van der Waals surface area (Å²) in [6, 6.07) is 7.56. The fourth-order valence-corrected chi connectivity index (χ4v) is 2.93. The second kappa shape index (κ2) is 6.60. The largest absolute Gasteiger partial charge is 0.444 e. The van der Waals surface area contributed by atoms with E-state index in [9.17, 15) is 0 Å². The van der Waals surface area contributed by atoms with Gasteiger partial charge in [-0.15, -0.1) is 0 Å². The Hall–Kier alpha value is -1.36. The molecule has 2 aromatic rings. The Kier molecular flexibility index (Phi) is 4.58. The summed E-state index contributed by atoms with van der Waals surface area (Å²) in [4.78, 5) is 6.97. The molecule has 1 aliphatic heterocycles. The predicted octanol–water partition coefficient (Wildman–Crippen LogP) is 3.17. The molecular formula is C16H20ClN3O.